The highest BCUT2D eigenvalue weighted by atomic mass is 16.6. The van der Waals surface area contributed by atoms with Gasteiger partial charge < -0.3 is 20.1 Å². The van der Waals surface area contributed by atoms with Crippen molar-refractivity contribution in [3.63, 3.8) is 0 Å². The van der Waals surface area contributed by atoms with Crippen molar-refractivity contribution in [2.45, 2.75) is 44.8 Å². The van der Waals surface area contributed by atoms with E-state index in [4.69, 9.17) is 9.47 Å². The van der Waals surface area contributed by atoms with Crippen LogP contribution in [0.1, 0.15) is 33.6 Å². The van der Waals surface area contributed by atoms with Crippen molar-refractivity contribution in [3.05, 3.63) is 0 Å². The molecule has 5 nitrogen and oxygen atoms in total. The highest BCUT2D eigenvalue weighted by Crippen LogP contribution is 2.28. The Bertz CT molecular complexity index is 302. The normalized spacial score (nSPS) is 28.8. The van der Waals surface area contributed by atoms with Crippen molar-refractivity contribution in [2.24, 2.45) is 5.92 Å². The molecule has 0 aliphatic carbocycles. The second-order valence-corrected chi connectivity index (χ2v) is 6.44. The molecule has 0 aromatic carbocycles. The highest BCUT2D eigenvalue weighted by Gasteiger charge is 2.40. The number of carbonyl (C=O) groups excluding carboxylic acids is 1. The number of hydrogen-bond donors (Lipinski definition) is 2. The molecule has 0 aromatic rings. The van der Waals surface area contributed by atoms with Gasteiger partial charge in [0.15, 0.2) is 0 Å². The SMILES string of the molecule is CC(C)(C)OC(=O)NC1(CC2CNC2)CCOC1. The van der Waals surface area contributed by atoms with Crippen molar-refractivity contribution in [2.75, 3.05) is 26.3 Å². The summed E-state index contributed by atoms with van der Waals surface area (Å²) in [5.74, 6) is 0.640. The predicted molar refractivity (Wildman–Crippen MR) is 68.5 cm³/mol. The van der Waals surface area contributed by atoms with Gasteiger partial charge in [-0.25, -0.2) is 4.79 Å². The van der Waals surface area contributed by atoms with Gasteiger partial charge in [-0.3, -0.25) is 0 Å². The van der Waals surface area contributed by atoms with Crippen molar-refractivity contribution < 1.29 is 14.3 Å². The van der Waals surface area contributed by atoms with Gasteiger partial charge in [-0.15, -0.1) is 0 Å². The molecule has 2 aliphatic rings. The zero-order valence-electron chi connectivity index (χ0n) is 11.5. The van der Waals surface area contributed by atoms with Crippen LogP contribution in [0.2, 0.25) is 0 Å². The minimum absolute atomic E-state index is 0.227. The standard InChI is InChI=1S/C13H24N2O3/c1-12(2,3)18-11(16)15-13(4-5-17-9-13)6-10-7-14-8-10/h10,14H,4-9H2,1-3H3,(H,15,16). The van der Waals surface area contributed by atoms with Crippen LogP contribution in [0.25, 0.3) is 0 Å². The van der Waals surface area contributed by atoms with E-state index in [1.165, 1.54) is 0 Å². The second kappa shape index (κ2) is 5.05. The maximum Gasteiger partial charge on any atom is 0.408 e. The summed E-state index contributed by atoms with van der Waals surface area (Å²) < 4.78 is 10.8. The summed E-state index contributed by atoms with van der Waals surface area (Å²) in [5.41, 5.74) is -0.683. The van der Waals surface area contributed by atoms with Gasteiger partial charge in [-0.05, 0) is 52.6 Å². The number of ether oxygens (including phenoxy) is 2. The second-order valence-electron chi connectivity index (χ2n) is 6.44. The molecule has 2 saturated heterocycles. The first-order valence-electron chi connectivity index (χ1n) is 6.68. The van der Waals surface area contributed by atoms with Gasteiger partial charge in [-0.2, -0.15) is 0 Å². The highest BCUT2D eigenvalue weighted by molar-refractivity contribution is 5.68. The Morgan fingerprint density at radius 1 is 1.50 bits per heavy atom. The Morgan fingerprint density at radius 2 is 2.22 bits per heavy atom. The van der Waals surface area contributed by atoms with Gasteiger partial charge in [0, 0.05) is 6.61 Å². The van der Waals surface area contributed by atoms with E-state index in [2.05, 4.69) is 10.6 Å². The number of hydrogen-bond acceptors (Lipinski definition) is 4. The zero-order chi connectivity index (χ0) is 13.2. The summed E-state index contributed by atoms with van der Waals surface area (Å²) in [6.07, 6.45) is 1.52. The molecule has 1 atom stereocenters. The molecular formula is C13H24N2O3. The van der Waals surface area contributed by atoms with Gasteiger partial charge in [0.25, 0.3) is 0 Å². The molecule has 2 heterocycles. The number of rotatable bonds is 3. The van der Waals surface area contributed by atoms with Gasteiger partial charge in [0.1, 0.15) is 5.60 Å². The summed E-state index contributed by atoms with van der Waals surface area (Å²) in [6, 6.07) is 0. The number of amides is 1. The minimum Gasteiger partial charge on any atom is -0.444 e. The lowest BCUT2D eigenvalue weighted by atomic mass is 9.84. The molecule has 0 radical (unpaired) electrons. The number of carbonyl (C=O) groups is 1. The molecule has 0 saturated carbocycles. The maximum absolute atomic E-state index is 11.9. The van der Waals surface area contributed by atoms with E-state index < -0.39 is 5.60 Å². The summed E-state index contributed by atoms with van der Waals surface area (Å²) in [7, 11) is 0. The Morgan fingerprint density at radius 3 is 2.67 bits per heavy atom. The Hall–Kier alpha value is -0.810. The third-order valence-corrected chi connectivity index (χ3v) is 3.41. The molecule has 5 heteroatoms. The molecule has 2 N–H and O–H groups in total. The van der Waals surface area contributed by atoms with Gasteiger partial charge >= 0.3 is 6.09 Å². The van der Waals surface area contributed by atoms with Crippen LogP contribution in [0.15, 0.2) is 0 Å². The first-order valence-corrected chi connectivity index (χ1v) is 6.68. The minimum atomic E-state index is -0.456. The van der Waals surface area contributed by atoms with E-state index in [-0.39, 0.29) is 11.6 Å². The third-order valence-electron chi connectivity index (χ3n) is 3.41. The zero-order valence-corrected chi connectivity index (χ0v) is 11.5. The molecule has 2 aliphatic heterocycles. The average molecular weight is 256 g/mol. The maximum atomic E-state index is 11.9. The lowest BCUT2D eigenvalue weighted by Gasteiger charge is -2.37. The van der Waals surface area contributed by atoms with Crippen molar-refractivity contribution in [1.29, 1.82) is 0 Å². The molecule has 1 amide bonds. The van der Waals surface area contributed by atoms with Crippen molar-refractivity contribution in [3.8, 4) is 0 Å². The van der Waals surface area contributed by atoms with Crippen LogP contribution in [0.3, 0.4) is 0 Å². The smallest absolute Gasteiger partial charge is 0.408 e. The molecular weight excluding hydrogens is 232 g/mol. The quantitative estimate of drug-likeness (QED) is 0.798. The predicted octanol–water partition coefficient (Wildman–Crippen LogP) is 1.28. The Labute approximate surface area is 109 Å². The van der Waals surface area contributed by atoms with Crippen LogP contribution in [0.4, 0.5) is 4.79 Å². The Kier molecular flexibility index (Phi) is 3.82. The lowest BCUT2D eigenvalue weighted by molar-refractivity contribution is 0.0410. The number of nitrogens with one attached hydrogen (secondary N) is 2. The van der Waals surface area contributed by atoms with Crippen LogP contribution >= 0.6 is 0 Å². The fourth-order valence-corrected chi connectivity index (χ4v) is 2.48. The summed E-state index contributed by atoms with van der Waals surface area (Å²) in [4.78, 5) is 11.9. The molecule has 0 aromatic heterocycles. The van der Waals surface area contributed by atoms with E-state index in [0.29, 0.717) is 12.5 Å². The van der Waals surface area contributed by atoms with Crippen LogP contribution in [-0.2, 0) is 9.47 Å². The van der Waals surface area contributed by atoms with E-state index in [1.54, 1.807) is 0 Å². The number of alkyl carbamates (subject to hydrolysis) is 1. The van der Waals surface area contributed by atoms with Gasteiger partial charge in [-0.1, -0.05) is 0 Å². The van der Waals surface area contributed by atoms with E-state index in [0.717, 1.165) is 32.5 Å². The van der Waals surface area contributed by atoms with E-state index >= 15 is 0 Å². The van der Waals surface area contributed by atoms with E-state index in [9.17, 15) is 4.79 Å². The van der Waals surface area contributed by atoms with Crippen molar-refractivity contribution >= 4 is 6.09 Å². The Balaban J connectivity index is 1.90. The molecule has 0 bridgehead atoms. The van der Waals surface area contributed by atoms with Gasteiger partial charge in [0.05, 0.1) is 12.1 Å². The first kappa shape index (κ1) is 13.6. The summed E-state index contributed by atoms with van der Waals surface area (Å²) in [6.45, 7) is 9.02. The summed E-state index contributed by atoms with van der Waals surface area (Å²) in [5, 5.41) is 6.29. The fraction of sp³-hybridized carbons (Fsp3) is 0.923. The monoisotopic (exact) mass is 256 g/mol. The average Bonchev–Trinajstić information content (AvgIpc) is 2.57. The van der Waals surface area contributed by atoms with Crippen LogP contribution in [0, 0.1) is 5.92 Å². The summed E-state index contributed by atoms with van der Waals surface area (Å²) >= 11 is 0. The molecule has 2 rings (SSSR count). The van der Waals surface area contributed by atoms with Crippen LogP contribution in [-0.4, -0.2) is 43.5 Å². The third kappa shape index (κ3) is 3.59. The molecule has 18 heavy (non-hydrogen) atoms. The topological polar surface area (TPSA) is 59.6 Å². The largest absolute Gasteiger partial charge is 0.444 e. The van der Waals surface area contributed by atoms with E-state index in [1.807, 2.05) is 20.8 Å². The molecule has 0 spiro atoms. The van der Waals surface area contributed by atoms with Crippen LogP contribution in [0.5, 0.6) is 0 Å². The van der Waals surface area contributed by atoms with Gasteiger partial charge in [0.2, 0.25) is 0 Å². The molecule has 1 unspecified atom stereocenters. The fourth-order valence-electron chi connectivity index (χ4n) is 2.48. The first-order chi connectivity index (χ1) is 8.39. The molecule has 104 valence electrons. The molecule has 2 fully saturated rings. The van der Waals surface area contributed by atoms with Crippen molar-refractivity contribution in [1.82, 2.24) is 10.6 Å². The van der Waals surface area contributed by atoms with Crippen LogP contribution < -0.4 is 10.6 Å². The lowest BCUT2D eigenvalue weighted by Crippen LogP contribution is -2.55.